The normalized spacial score (nSPS) is 39.4. The number of amides is 1. The number of halogens is 1. The highest BCUT2D eigenvalue weighted by molar-refractivity contribution is 9.09. The van der Waals surface area contributed by atoms with Crippen molar-refractivity contribution in [3.05, 3.63) is 29.8 Å². The molecular weight excluding hydrogens is 334 g/mol. The second-order valence-corrected chi connectivity index (χ2v) is 7.37. The summed E-state index contributed by atoms with van der Waals surface area (Å²) in [6.07, 6.45) is 0.874. The number of hydrogen-bond donors (Lipinski definition) is 1. The van der Waals surface area contributed by atoms with Crippen LogP contribution in [0.3, 0.4) is 0 Å². The Hall–Kier alpha value is -1.36. The van der Waals surface area contributed by atoms with Crippen LogP contribution in [0.15, 0.2) is 24.3 Å². The molecule has 0 unspecified atom stereocenters. The van der Waals surface area contributed by atoms with Crippen LogP contribution in [-0.2, 0) is 14.3 Å². The van der Waals surface area contributed by atoms with Gasteiger partial charge < -0.3 is 10.1 Å². The summed E-state index contributed by atoms with van der Waals surface area (Å²) >= 11 is 3.62. The van der Waals surface area contributed by atoms with Gasteiger partial charge in [0.25, 0.3) is 0 Å². The van der Waals surface area contributed by atoms with Crippen molar-refractivity contribution < 1.29 is 14.3 Å². The minimum Gasteiger partial charge on any atom is -0.461 e. The molecule has 1 aliphatic heterocycles. The summed E-state index contributed by atoms with van der Waals surface area (Å²) in [4.78, 5) is 24.8. The van der Waals surface area contributed by atoms with Gasteiger partial charge in [0.2, 0.25) is 5.91 Å². The third kappa shape index (κ3) is 1.86. The van der Waals surface area contributed by atoms with Crippen LogP contribution in [0.5, 0.6) is 0 Å². The van der Waals surface area contributed by atoms with E-state index in [1.807, 2.05) is 31.2 Å². The molecule has 4 nitrogen and oxygen atoms in total. The maximum Gasteiger partial charge on any atom is 0.310 e. The molecule has 1 amide bonds. The number of aryl methyl sites for hydroxylation is 1. The average molecular weight is 350 g/mol. The second-order valence-electron chi connectivity index (χ2n) is 6.32. The van der Waals surface area contributed by atoms with E-state index in [1.165, 1.54) is 0 Å². The highest BCUT2D eigenvalue weighted by atomic mass is 79.9. The molecular formula is C16H16BrNO3. The topological polar surface area (TPSA) is 55.4 Å². The lowest BCUT2D eigenvalue weighted by Crippen LogP contribution is -2.40. The molecule has 3 aliphatic rings. The SMILES string of the molecule is Cc1ccc(NC(=O)[C@@H]2[C@H]3C[C@H]4[C@H](OC(=O)[C@H]42)[C@@H]3Br)cc1. The molecule has 2 aliphatic carbocycles. The molecule has 1 heterocycles. The first-order valence-corrected chi connectivity index (χ1v) is 8.20. The molecule has 0 radical (unpaired) electrons. The van der Waals surface area contributed by atoms with Crippen molar-refractivity contribution in [3.63, 3.8) is 0 Å². The van der Waals surface area contributed by atoms with Gasteiger partial charge in [-0.2, -0.15) is 0 Å². The van der Waals surface area contributed by atoms with Gasteiger partial charge in [0.15, 0.2) is 0 Å². The monoisotopic (exact) mass is 349 g/mol. The molecule has 2 saturated carbocycles. The van der Waals surface area contributed by atoms with Crippen LogP contribution in [-0.4, -0.2) is 22.8 Å². The van der Waals surface area contributed by atoms with Crippen molar-refractivity contribution in [2.24, 2.45) is 23.7 Å². The lowest BCUT2D eigenvalue weighted by molar-refractivity contribution is -0.145. The van der Waals surface area contributed by atoms with E-state index < -0.39 is 0 Å². The van der Waals surface area contributed by atoms with E-state index in [4.69, 9.17) is 4.74 Å². The molecule has 1 aromatic rings. The van der Waals surface area contributed by atoms with E-state index in [2.05, 4.69) is 21.2 Å². The van der Waals surface area contributed by atoms with Crippen molar-refractivity contribution in [2.75, 3.05) is 5.32 Å². The van der Waals surface area contributed by atoms with Crippen LogP contribution in [0, 0.1) is 30.6 Å². The van der Waals surface area contributed by atoms with Gasteiger partial charge in [-0.25, -0.2) is 0 Å². The number of fused-ring (bicyclic) bond motifs is 1. The van der Waals surface area contributed by atoms with Crippen molar-refractivity contribution >= 4 is 33.5 Å². The largest absolute Gasteiger partial charge is 0.461 e. The summed E-state index contributed by atoms with van der Waals surface area (Å²) in [7, 11) is 0. The molecule has 6 atom stereocenters. The molecule has 1 aromatic carbocycles. The van der Waals surface area contributed by atoms with Gasteiger partial charge in [-0.1, -0.05) is 33.6 Å². The predicted octanol–water partition coefficient (Wildman–Crippen LogP) is 2.50. The van der Waals surface area contributed by atoms with Gasteiger partial charge in [0.05, 0.1) is 16.7 Å². The van der Waals surface area contributed by atoms with E-state index in [1.54, 1.807) is 0 Å². The smallest absolute Gasteiger partial charge is 0.310 e. The van der Waals surface area contributed by atoms with Gasteiger partial charge in [0, 0.05) is 11.6 Å². The third-order valence-corrected chi connectivity index (χ3v) is 6.34. The number of ether oxygens (including phenoxy) is 1. The van der Waals surface area contributed by atoms with Gasteiger partial charge in [-0.3, -0.25) is 9.59 Å². The summed E-state index contributed by atoms with van der Waals surface area (Å²) < 4.78 is 5.43. The van der Waals surface area contributed by atoms with Crippen LogP contribution in [0.2, 0.25) is 0 Å². The van der Waals surface area contributed by atoms with E-state index in [9.17, 15) is 9.59 Å². The third-order valence-electron chi connectivity index (χ3n) is 5.14. The minimum atomic E-state index is -0.271. The molecule has 0 aromatic heterocycles. The molecule has 1 N–H and O–H groups in total. The number of esters is 1. The number of alkyl halides is 1. The lowest BCUT2D eigenvalue weighted by atomic mass is 9.79. The number of carbonyl (C=O) groups excluding carboxylic acids is 2. The van der Waals surface area contributed by atoms with Crippen LogP contribution < -0.4 is 5.32 Å². The Bertz CT molecular complexity index is 614. The fourth-order valence-corrected chi connectivity index (χ4v) is 5.24. The number of nitrogens with one attached hydrogen (secondary N) is 1. The number of rotatable bonds is 2. The lowest BCUT2D eigenvalue weighted by Gasteiger charge is -2.27. The fourth-order valence-electron chi connectivity index (χ4n) is 4.19. The molecule has 2 bridgehead atoms. The first-order chi connectivity index (χ1) is 10.1. The molecule has 5 heteroatoms. The van der Waals surface area contributed by atoms with Crippen molar-refractivity contribution in [2.45, 2.75) is 24.3 Å². The summed E-state index contributed by atoms with van der Waals surface area (Å²) in [5.41, 5.74) is 1.93. The Labute approximate surface area is 131 Å². The van der Waals surface area contributed by atoms with Crippen molar-refractivity contribution in [1.82, 2.24) is 0 Å². The highest BCUT2D eigenvalue weighted by Gasteiger charge is 2.67. The Kier molecular flexibility index (Phi) is 2.89. The Morgan fingerprint density at radius 1 is 1.29 bits per heavy atom. The zero-order chi connectivity index (χ0) is 14.7. The van der Waals surface area contributed by atoms with E-state index in [0.29, 0.717) is 0 Å². The second kappa shape index (κ2) is 4.57. The van der Waals surface area contributed by atoms with Crippen LogP contribution in [0.1, 0.15) is 12.0 Å². The molecule has 21 heavy (non-hydrogen) atoms. The quantitative estimate of drug-likeness (QED) is 0.659. The molecule has 1 saturated heterocycles. The first kappa shape index (κ1) is 13.3. The van der Waals surface area contributed by atoms with E-state index in [-0.39, 0.29) is 46.5 Å². The maximum absolute atomic E-state index is 12.6. The number of benzene rings is 1. The number of anilines is 1. The van der Waals surface area contributed by atoms with Crippen LogP contribution in [0.25, 0.3) is 0 Å². The van der Waals surface area contributed by atoms with Crippen LogP contribution >= 0.6 is 15.9 Å². The Balaban J connectivity index is 1.57. The molecule has 0 spiro atoms. The van der Waals surface area contributed by atoms with Gasteiger partial charge in [0.1, 0.15) is 6.10 Å². The zero-order valence-electron chi connectivity index (χ0n) is 11.6. The number of carbonyl (C=O) groups is 2. The first-order valence-electron chi connectivity index (χ1n) is 7.28. The van der Waals surface area contributed by atoms with Gasteiger partial charge >= 0.3 is 5.97 Å². The summed E-state index contributed by atoms with van der Waals surface area (Å²) in [5.74, 6) is -0.370. The van der Waals surface area contributed by atoms with Crippen molar-refractivity contribution in [3.8, 4) is 0 Å². The average Bonchev–Trinajstić information content (AvgIpc) is 3.05. The molecule has 3 fully saturated rings. The van der Waals surface area contributed by atoms with E-state index >= 15 is 0 Å². The minimum absolute atomic E-state index is 0.0316. The molecule has 4 rings (SSSR count). The summed E-state index contributed by atoms with van der Waals surface area (Å²) in [5, 5.41) is 2.95. The highest BCUT2D eigenvalue weighted by Crippen LogP contribution is 2.60. The Morgan fingerprint density at radius 3 is 2.71 bits per heavy atom. The van der Waals surface area contributed by atoms with Gasteiger partial charge in [-0.05, 0) is 31.4 Å². The number of hydrogen-bond acceptors (Lipinski definition) is 3. The standard InChI is InChI=1S/C16H16BrNO3/c1-7-2-4-8(5-3-7)18-15(19)11-9-6-10-12(11)16(20)21-14(10)13(9)17/h2-5,9-14H,6H2,1H3,(H,18,19)/t9-,10-,11-,12-,13-,14+/m1/s1. The predicted molar refractivity (Wildman–Crippen MR) is 81.0 cm³/mol. The summed E-state index contributed by atoms with van der Waals surface area (Å²) in [6, 6.07) is 7.71. The fraction of sp³-hybridized carbons (Fsp3) is 0.500. The van der Waals surface area contributed by atoms with Crippen LogP contribution in [0.4, 0.5) is 5.69 Å². The maximum atomic E-state index is 12.6. The van der Waals surface area contributed by atoms with Gasteiger partial charge in [-0.15, -0.1) is 0 Å². The van der Waals surface area contributed by atoms with Crippen molar-refractivity contribution in [1.29, 1.82) is 0 Å². The Morgan fingerprint density at radius 2 is 2.00 bits per heavy atom. The zero-order valence-corrected chi connectivity index (χ0v) is 13.2. The molecule has 110 valence electrons. The van der Waals surface area contributed by atoms with E-state index in [0.717, 1.165) is 17.7 Å². The summed E-state index contributed by atoms with van der Waals surface area (Å²) in [6.45, 7) is 2.01.